The molecule has 1 fully saturated rings. The second-order valence-electron chi connectivity index (χ2n) is 6.52. The number of ether oxygens (including phenoxy) is 1. The average molecular weight is 294 g/mol. The molecule has 6 nitrogen and oxygen atoms in total. The van der Waals surface area contributed by atoms with Gasteiger partial charge in [0.1, 0.15) is 11.4 Å². The number of hydrogen-bond donors (Lipinski definition) is 3. The van der Waals surface area contributed by atoms with Crippen LogP contribution in [0.3, 0.4) is 0 Å². The van der Waals surface area contributed by atoms with E-state index in [4.69, 9.17) is 4.74 Å². The molecule has 0 bridgehead atoms. The SMILES string of the molecule is CCC1CC1(NC(=O)OC(C)(C)C)c1cc(O)cc(=O)[nH]1. The van der Waals surface area contributed by atoms with E-state index in [1.165, 1.54) is 6.07 Å². The molecular weight excluding hydrogens is 272 g/mol. The second-order valence-corrected chi connectivity index (χ2v) is 6.52. The lowest BCUT2D eigenvalue weighted by Crippen LogP contribution is -2.41. The topological polar surface area (TPSA) is 91.4 Å². The van der Waals surface area contributed by atoms with Gasteiger partial charge in [-0.05, 0) is 33.1 Å². The van der Waals surface area contributed by atoms with Gasteiger partial charge in [0, 0.05) is 17.8 Å². The summed E-state index contributed by atoms with van der Waals surface area (Å²) in [7, 11) is 0. The third kappa shape index (κ3) is 3.37. The van der Waals surface area contributed by atoms with Crippen molar-refractivity contribution in [2.24, 2.45) is 5.92 Å². The zero-order valence-corrected chi connectivity index (χ0v) is 12.8. The molecule has 1 saturated carbocycles. The van der Waals surface area contributed by atoms with Gasteiger partial charge in [0.15, 0.2) is 0 Å². The molecule has 1 aromatic heterocycles. The lowest BCUT2D eigenvalue weighted by atomic mass is 10.1. The number of H-pyrrole nitrogens is 1. The normalized spacial score (nSPS) is 24.5. The number of carbonyl (C=O) groups is 1. The molecule has 2 rings (SSSR count). The molecule has 116 valence electrons. The van der Waals surface area contributed by atoms with Crippen molar-refractivity contribution in [3.05, 3.63) is 28.2 Å². The Bertz CT molecular complexity index is 602. The third-order valence-electron chi connectivity index (χ3n) is 3.63. The number of amides is 1. The summed E-state index contributed by atoms with van der Waals surface area (Å²) < 4.78 is 5.28. The van der Waals surface area contributed by atoms with Crippen LogP contribution in [-0.4, -0.2) is 21.8 Å². The van der Waals surface area contributed by atoms with E-state index >= 15 is 0 Å². The van der Waals surface area contributed by atoms with Crippen LogP contribution in [0.5, 0.6) is 5.75 Å². The Kier molecular flexibility index (Phi) is 3.74. The molecule has 1 amide bonds. The Balaban J connectivity index is 2.26. The largest absolute Gasteiger partial charge is 0.508 e. The number of alkyl carbamates (subject to hydrolysis) is 1. The number of aromatic hydroxyl groups is 1. The van der Waals surface area contributed by atoms with Crippen LogP contribution in [0.2, 0.25) is 0 Å². The van der Waals surface area contributed by atoms with Crippen molar-refractivity contribution in [2.45, 2.75) is 51.7 Å². The quantitative estimate of drug-likeness (QED) is 0.797. The first kappa shape index (κ1) is 15.4. The molecule has 2 unspecified atom stereocenters. The summed E-state index contributed by atoms with van der Waals surface area (Å²) in [4.78, 5) is 26.3. The summed E-state index contributed by atoms with van der Waals surface area (Å²) in [6.07, 6.45) is 1.04. The molecule has 1 aliphatic carbocycles. The Labute approximate surface area is 123 Å². The van der Waals surface area contributed by atoms with Crippen LogP contribution in [-0.2, 0) is 10.3 Å². The second kappa shape index (κ2) is 5.09. The molecule has 0 aromatic carbocycles. The molecule has 1 aliphatic rings. The van der Waals surface area contributed by atoms with Gasteiger partial charge in [0.2, 0.25) is 0 Å². The lowest BCUT2D eigenvalue weighted by Gasteiger charge is -2.24. The minimum absolute atomic E-state index is 0.110. The van der Waals surface area contributed by atoms with Crippen molar-refractivity contribution in [1.82, 2.24) is 10.3 Å². The fraction of sp³-hybridized carbons (Fsp3) is 0.600. The van der Waals surface area contributed by atoms with E-state index in [9.17, 15) is 14.7 Å². The van der Waals surface area contributed by atoms with E-state index < -0.39 is 22.8 Å². The maximum atomic E-state index is 12.0. The van der Waals surface area contributed by atoms with Gasteiger partial charge in [0.05, 0.1) is 5.54 Å². The van der Waals surface area contributed by atoms with E-state index in [1.807, 2.05) is 6.92 Å². The fourth-order valence-electron chi connectivity index (χ4n) is 2.63. The van der Waals surface area contributed by atoms with Gasteiger partial charge in [-0.3, -0.25) is 4.79 Å². The van der Waals surface area contributed by atoms with Crippen molar-refractivity contribution in [3.63, 3.8) is 0 Å². The van der Waals surface area contributed by atoms with Crippen molar-refractivity contribution < 1.29 is 14.6 Å². The minimum Gasteiger partial charge on any atom is -0.508 e. The monoisotopic (exact) mass is 294 g/mol. The van der Waals surface area contributed by atoms with E-state index in [-0.39, 0.29) is 11.7 Å². The Morgan fingerprint density at radius 2 is 2.19 bits per heavy atom. The summed E-state index contributed by atoms with van der Waals surface area (Å²) in [6, 6.07) is 2.59. The number of pyridine rings is 1. The summed E-state index contributed by atoms with van der Waals surface area (Å²) >= 11 is 0. The molecule has 6 heteroatoms. The summed E-state index contributed by atoms with van der Waals surface area (Å²) in [6.45, 7) is 7.39. The highest BCUT2D eigenvalue weighted by atomic mass is 16.6. The number of carbonyl (C=O) groups excluding carboxylic acids is 1. The first-order valence-electron chi connectivity index (χ1n) is 7.11. The van der Waals surface area contributed by atoms with Crippen LogP contribution in [0.15, 0.2) is 16.9 Å². The molecule has 2 atom stereocenters. The first-order valence-corrected chi connectivity index (χ1v) is 7.11. The predicted octanol–water partition coefficient (Wildman–Crippen LogP) is 2.23. The molecular formula is C15H22N2O4. The number of aromatic nitrogens is 1. The molecule has 0 saturated heterocycles. The molecule has 0 aliphatic heterocycles. The Morgan fingerprint density at radius 1 is 1.52 bits per heavy atom. The van der Waals surface area contributed by atoms with Crippen LogP contribution in [0, 0.1) is 5.92 Å². The van der Waals surface area contributed by atoms with Crippen LogP contribution >= 0.6 is 0 Å². The first-order chi connectivity index (χ1) is 9.66. The Hall–Kier alpha value is -1.98. The van der Waals surface area contributed by atoms with E-state index in [1.54, 1.807) is 20.8 Å². The van der Waals surface area contributed by atoms with Gasteiger partial charge in [-0.25, -0.2) is 4.79 Å². The molecule has 0 spiro atoms. The maximum absolute atomic E-state index is 12.0. The Morgan fingerprint density at radius 3 is 2.67 bits per heavy atom. The van der Waals surface area contributed by atoms with Crippen LogP contribution in [0.1, 0.15) is 46.2 Å². The molecule has 21 heavy (non-hydrogen) atoms. The molecule has 1 heterocycles. The predicted molar refractivity (Wildman–Crippen MR) is 78.2 cm³/mol. The number of nitrogens with one attached hydrogen (secondary N) is 2. The average Bonchev–Trinajstić information content (AvgIpc) is 2.99. The van der Waals surface area contributed by atoms with Crippen molar-refractivity contribution in [1.29, 1.82) is 0 Å². The van der Waals surface area contributed by atoms with Gasteiger partial charge in [-0.1, -0.05) is 13.3 Å². The zero-order chi connectivity index (χ0) is 15.8. The van der Waals surface area contributed by atoms with Crippen LogP contribution in [0.4, 0.5) is 4.79 Å². The highest BCUT2D eigenvalue weighted by Gasteiger charge is 2.56. The van der Waals surface area contributed by atoms with Crippen molar-refractivity contribution >= 4 is 6.09 Å². The summed E-state index contributed by atoms with van der Waals surface area (Å²) in [5.74, 6) is 0.100. The fourth-order valence-corrected chi connectivity index (χ4v) is 2.63. The van der Waals surface area contributed by atoms with Crippen molar-refractivity contribution in [3.8, 4) is 5.75 Å². The standard InChI is InChI=1S/C15H22N2O4/c1-5-9-8-15(9,17-13(20)21-14(2,3)4)11-6-10(18)7-12(19)16-11/h6-7,9H,5,8H2,1-4H3,(H,17,20)(H2,16,18,19). The zero-order valence-electron chi connectivity index (χ0n) is 12.8. The molecule has 0 radical (unpaired) electrons. The van der Waals surface area contributed by atoms with Crippen LogP contribution in [0.25, 0.3) is 0 Å². The number of aromatic amines is 1. The van der Waals surface area contributed by atoms with Crippen LogP contribution < -0.4 is 10.9 Å². The van der Waals surface area contributed by atoms with Gasteiger partial charge in [0.25, 0.3) is 5.56 Å². The number of hydrogen-bond acceptors (Lipinski definition) is 4. The maximum Gasteiger partial charge on any atom is 0.408 e. The lowest BCUT2D eigenvalue weighted by molar-refractivity contribution is 0.0487. The van der Waals surface area contributed by atoms with Gasteiger partial charge in [-0.2, -0.15) is 0 Å². The molecule has 1 aromatic rings. The highest BCUT2D eigenvalue weighted by molar-refractivity contribution is 5.70. The van der Waals surface area contributed by atoms with Crippen molar-refractivity contribution in [2.75, 3.05) is 0 Å². The highest BCUT2D eigenvalue weighted by Crippen LogP contribution is 2.53. The molecule has 3 N–H and O–H groups in total. The smallest absolute Gasteiger partial charge is 0.408 e. The van der Waals surface area contributed by atoms with Gasteiger partial charge in [-0.15, -0.1) is 0 Å². The summed E-state index contributed by atoms with van der Waals surface area (Å²) in [5.41, 5.74) is -1.12. The minimum atomic E-state index is -0.658. The van der Waals surface area contributed by atoms with E-state index in [0.29, 0.717) is 12.1 Å². The summed E-state index contributed by atoms with van der Waals surface area (Å²) in [5, 5.41) is 12.5. The third-order valence-corrected chi connectivity index (χ3v) is 3.63. The number of rotatable bonds is 3. The van der Waals surface area contributed by atoms with E-state index in [0.717, 1.165) is 12.5 Å². The van der Waals surface area contributed by atoms with Gasteiger partial charge < -0.3 is 20.1 Å². The van der Waals surface area contributed by atoms with Gasteiger partial charge >= 0.3 is 6.09 Å². The van der Waals surface area contributed by atoms with E-state index in [2.05, 4.69) is 10.3 Å².